The zero-order chi connectivity index (χ0) is 20.2. The van der Waals surface area contributed by atoms with Gasteiger partial charge in [-0.25, -0.2) is 4.98 Å². The summed E-state index contributed by atoms with van der Waals surface area (Å²) in [5.74, 6) is 0.811. The van der Waals surface area contributed by atoms with Gasteiger partial charge in [-0.3, -0.25) is 14.6 Å². The maximum atomic E-state index is 12.5. The van der Waals surface area contributed by atoms with Crippen LogP contribution in [0.15, 0.2) is 12.4 Å². The van der Waals surface area contributed by atoms with Crippen LogP contribution in [-0.2, 0) is 4.79 Å². The first-order valence-electron chi connectivity index (χ1n) is 10.3. The van der Waals surface area contributed by atoms with Crippen molar-refractivity contribution < 1.29 is 14.7 Å². The maximum absolute atomic E-state index is 12.5. The molecular weight excluding hydrogens is 358 g/mol. The van der Waals surface area contributed by atoms with Gasteiger partial charge in [0, 0.05) is 26.7 Å². The molecule has 0 bridgehead atoms. The van der Waals surface area contributed by atoms with E-state index in [2.05, 4.69) is 19.8 Å². The summed E-state index contributed by atoms with van der Waals surface area (Å²) in [6, 6.07) is 0. The standard InChI is InChI=1S/C19H31N5O.CH2O2/c1-22(9-8-12-23-10-4-2-3-5-11-23)18-16-20-15-17(21-18)19(25)24-13-6-7-14-24;2-1-3/h15-16H,2-14H2,1H3;1H,(H,2,3). The molecule has 0 atom stereocenters. The quantitative estimate of drug-likeness (QED) is 0.743. The summed E-state index contributed by atoms with van der Waals surface area (Å²) in [7, 11) is 2.04. The van der Waals surface area contributed by atoms with Crippen LogP contribution in [0.3, 0.4) is 0 Å². The van der Waals surface area contributed by atoms with Crippen LogP contribution in [0.2, 0.25) is 0 Å². The van der Waals surface area contributed by atoms with Gasteiger partial charge in [0.2, 0.25) is 0 Å². The fourth-order valence-electron chi connectivity index (χ4n) is 3.73. The van der Waals surface area contributed by atoms with Gasteiger partial charge in [0.1, 0.15) is 11.5 Å². The molecule has 8 heteroatoms. The number of nitrogens with zero attached hydrogens (tertiary/aromatic N) is 5. The Labute approximate surface area is 167 Å². The van der Waals surface area contributed by atoms with Crippen molar-refractivity contribution in [2.24, 2.45) is 0 Å². The van der Waals surface area contributed by atoms with Crippen LogP contribution in [0.25, 0.3) is 0 Å². The third kappa shape index (κ3) is 7.07. The lowest BCUT2D eigenvalue weighted by atomic mass is 10.2. The fraction of sp³-hybridized carbons (Fsp3) is 0.700. The Kier molecular flexibility index (Phi) is 9.68. The zero-order valence-corrected chi connectivity index (χ0v) is 16.9. The molecule has 0 radical (unpaired) electrons. The molecule has 1 aromatic heterocycles. The molecule has 8 nitrogen and oxygen atoms in total. The zero-order valence-electron chi connectivity index (χ0n) is 16.9. The number of hydrogen-bond donors (Lipinski definition) is 1. The van der Waals surface area contributed by atoms with E-state index >= 15 is 0 Å². The molecule has 2 saturated heterocycles. The summed E-state index contributed by atoms with van der Waals surface area (Å²) in [6.07, 6.45) is 12.1. The lowest BCUT2D eigenvalue weighted by Crippen LogP contribution is -2.31. The lowest BCUT2D eigenvalue weighted by Gasteiger charge is -2.23. The molecule has 0 spiro atoms. The summed E-state index contributed by atoms with van der Waals surface area (Å²) in [4.78, 5) is 36.2. The minimum Gasteiger partial charge on any atom is -0.483 e. The molecule has 2 aliphatic rings. The fourth-order valence-corrected chi connectivity index (χ4v) is 3.73. The SMILES string of the molecule is CN(CCCN1CCCCCC1)c1cncc(C(=O)N2CCCC2)n1.O=CO. The molecular formula is C20H33N5O3. The number of anilines is 1. The second kappa shape index (κ2) is 12.3. The molecule has 0 aliphatic carbocycles. The Hall–Kier alpha value is -2.22. The highest BCUT2D eigenvalue weighted by Gasteiger charge is 2.21. The topological polar surface area (TPSA) is 89.9 Å². The summed E-state index contributed by atoms with van der Waals surface area (Å²) in [5.41, 5.74) is 0.471. The predicted octanol–water partition coefficient (Wildman–Crippen LogP) is 2.12. The van der Waals surface area contributed by atoms with Crippen LogP contribution in [0.1, 0.15) is 55.4 Å². The van der Waals surface area contributed by atoms with Crippen molar-refractivity contribution in [2.75, 3.05) is 51.2 Å². The molecule has 1 N–H and O–H groups in total. The lowest BCUT2D eigenvalue weighted by molar-refractivity contribution is -0.122. The van der Waals surface area contributed by atoms with Crippen molar-refractivity contribution in [3.05, 3.63) is 18.1 Å². The smallest absolute Gasteiger partial charge is 0.290 e. The van der Waals surface area contributed by atoms with Crippen molar-refractivity contribution in [1.29, 1.82) is 0 Å². The Bertz CT molecular complexity index is 599. The van der Waals surface area contributed by atoms with Crippen LogP contribution in [-0.4, -0.2) is 83.6 Å². The highest BCUT2D eigenvalue weighted by molar-refractivity contribution is 5.92. The van der Waals surface area contributed by atoms with E-state index in [9.17, 15) is 4.79 Å². The largest absolute Gasteiger partial charge is 0.483 e. The van der Waals surface area contributed by atoms with Gasteiger partial charge >= 0.3 is 0 Å². The highest BCUT2D eigenvalue weighted by Crippen LogP contribution is 2.14. The molecule has 2 aliphatic heterocycles. The number of likely N-dealkylation sites (tertiary alicyclic amines) is 2. The van der Waals surface area contributed by atoms with Gasteiger partial charge in [-0.15, -0.1) is 0 Å². The van der Waals surface area contributed by atoms with E-state index in [1.54, 1.807) is 12.4 Å². The normalized spacial score (nSPS) is 17.4. The van der Waals surface area contributed by atoms with Gasteiger partial charge in [-0.2, -0.15) is 0 Å². The number of amides is 1. The van der Waals surface area contributed by atoms with Crippen molar-refractivity contribution in [3.8, 4) is 0 Å². The molecule has 1 aromatic rings. The van der Waals surface area contributed by atoms with Gasteiger partial charge < -0.3 is 19.8 Å². The maximum Gasteiger partial charge on any atom is 0.290 e. The molecule has 3 rings (SSSR count). The molecule has 1 amide bonds. The number of carbonyl (C=O) groups is 2. The molecule has 3 heterocycles. The Morgan fingerprint density at radius 1 is 1.11 bits per heavy atom. The van der Waals surface area contributed by atoms with Gasteiger partial charge in [0.15, 0.2) is 0 Å². The summed E-state index contributed by atoms with van der Waals surface area (Å²) in [6.45, 7) is 6.00. The minimum absolute atomic E-state index is 0.0183. The second-order valence-electron chi connectivity index (χ2n) is 7.40. The van der Waals surface area contributed by atoms with Crippen molar-refractivity contribution >= 4 is 18.2 Å². The van der Waals surface area contributed by atoms with E-state index in [1.807, 2.05) is 11.9 Å². The molecule has 156 valence electrons. The van der Waals surface area contributed by atoms with Gasteiger partial charge in [-0.05, 0) is 51.7 Å². The first-order chi connectivity index (χ1) is 13.7. The molecule has 0 saturated carbocycles. The molecule has 0 unspecified atom stereocenters. The first kappa shape index (κ1) is 22.1. The van der Waals surface area contributed by atoms with Crippen molar-refractivity contribution in [2.45, 2.75) is 44.9 Å². The monoisotopic (exact) mass is 391 g/mol. The van der Waals surface area contributed by atoms with Gasteiger partial charge in [0.25, 0.3) is 12.4 Å². The van der Waals surface area contributed by atoms with Crippen LogP contribution in [0.4, 0.5) is 5.82 Å². The highest BCUT2D eigenvalue weighted by atomic mass is 16.3. The molecule has 28 heavy (non-hydrogen) atoms. The Morgan fingerprint density at radius 2 is 1.71 bits per heavy atom. The summed E-state index contributed by atoms with van der Waals surface area (Å²) < 4.78 is 0. The Morgan fingerprint density at radius 3 is 2.36 bits per heavy atom. The van der Waals surface area contributed by atoms with Gasteiger partial charge in [-0.1, -0.05) is 12.8 Å². The predicted molar refractivity (Wildman–Crippen MR) is 109 cm³/mol. The first-order valence-corrected chi connectivity index (χ1v) is 10.3. The summed E-state index contributed by atoms with van der Waals surface area (Å²) >= 11 is 0. The van der Waals surface area contributed by atoms with E-state index in [4.69, 9.17) is 9.90 Å². The number of carboxylic acid groups (broad SMARTS) is 1. The van der Waals surface area contributed by atoms with Crippen molar-refractivity contribution in [3.63, 3.8) is 0 Å². The van der Waals surface area contributed by atoms with Crippen LogP contribution >= 0.6 is 0 Å². The number of carbonyl (C=O) groups excluding carboxylic acids is 1. The molecule has 0 aromatic carbocycles. The van der Waals surface area contributed by atoms with Crippen LogP contribution in [0, 0.1) is 0 Å². The second-order valence-corrected chi connectivity index (χ2v) is 7.40. The Balaban J connectivity index is 0.000000878. The number of rotatable bonds is 6. The third-order valence-electron chi connectivity index (χ3n) is 5.29. The van der Waals surface area contributed by atoms with E-state index in [0.29, 0.717) is 5.69 Å². The van der Waals surface area contributed by atoms with E-state index in [0.717, 1.165) is 51.3 Å². The summed E-state index contributed by atoms with van der Waals surface area (Å²) in [5, 5.41) is 6.89. The van der Waals surface area contributed by atoms with E-state index < -0.39 is 0 Å². The number of aromatic nitrogens is 2. The van der Waals surface area contributed by atoms with Crippen molar-refractivity contribution in [1.82, 2.24) is 19.8 Å². The van der Waals surface area contributed by atoms with Crippen LogP contribution < -0.4 is 4.90 Å². The average Bonchev–Trinajstić information content (AvgIpc) is 3.13. The average molecular weight is 392 g/mol. The minimum atomic E-state index is -0.250. The van der Waals surface area contributed by atoms with E-state index in [1.165, 1.54) is 38.8 Å². The molecule has 2 fully saturated rings. The number of hydrogen-bond acceptors (Lipinski definition) is 6. The van der Waals surface area contributed by atoms with Gasteiger partial charge in [0.05, 0.1) is 12.4 Å². The van der Waals surface area contributed by atoms with E-state index in [-0.39, 0.29) is 12.4 Å². The van der Waals surface area contributed by atoms with Crippen LogP contribution in [0.5, 0.6) is 0 Å². The third-order valence-corrected chi connectivity index (χ3v) is 5.29.